The number of nitrogens with zero attached hydrogens (tertiary/aromatic N) is 2. The summed E-state index contributed by atoms with van der Waals surface area (Å²) < 4.78 is 0. The van der Waals surface area contributed by atoms with Crippen LogP contribution in [0, 0.1) is 0 Å². The van der Waals surface area contributed by atoms with Gasteiger partial charge in [-0.15, -0.1) is 0 Å². The van der Waals surface area contributed by atoms with Crippen LogP contribution >= 0.6 is 11.6 Å². The number of carboxylic acid groups (broad SMARTS) is 1. The van der Waals surface area contributed by atoms with Gasteiger partial charge in [-0.3, -0.25) is 9.69 Å². The second-order valence-corrected chi connectivity index (χ2v) is 7.77. The molecule has 1 heterocycles. The van der Waals surface area contributed by atoms with E-state index in [1.807, 2.05) is 41.1 Å². The van der Waals surface area contributed by atoms with Crippen LogP contribution in [-0.2, 0) is 4.79 Å². The number of aliphatic carboxylic acids is 1. The Kier molecular flexibility index (Phi) is 6.04. The summed E-state index contributed by atoms with van der Waals surface area (Å²) in [5.74, 6) is -0.439. The molecule has 2 amide bonds. The third-order valence-corrected chi connectivity index (χ3v) is 5.64. The minimum absolute atomic E-state index is 0.00648. The van der Waals surface area contributed by atoms with E-state index in [0.717, 1.165) is 37.3 Å². The van der Waals surface area contributed by atoms with Crippen LogP contribution in [0.3, 0.4) is 0 Å². The Morgan fingerprint density at radius 1 is 1.27 bits per heavy atom. The van der Waals surface area contributed by atoms with Crippen molar-refractivity contribution < 1.29 is 14.7 Å². The third-order valence-electron chi connectivity index (χ3n) is 5.39. The zero-order valence-corrected chi connectivity index (χ0v) is 15.8. The predicted molar refractivity (Wildman–Crippen MR) is 101 cm³/mol. The van der Waals surface area contributed by atoms with Crippen molar-refractivity contribution in [2.75, 3.05) is 26.7 Å². The maximum absolute atomic E-state index is 12.6. The van der Waals surface area contributed by atoms with E-state index < -0.39 is 5.97 Å². The Morgan fingerprint density at radius 2 is 2.00 bits per heavy atom. The molecule has 1 aliphatic heterocycles. The van der Waals surface area contributed by atoms with E-state index in [1.165, 1.54) is 5.56 Å². The number of hydrogen-bond donors (Lipinski definition) is 2. The number of halogens is 1. The van der Waals surface area contributed by atoms with E-state index in [0.29, 0.717) is 12.5 Å². The molecule has 6 nitrogen and oxygen atoms in total. The summed E-state index contributed by atoms with van der Waals surface area (Å²) in [4.78, 5) is 27.2. The first-order valence-corrected chi connectivity index (χ1v) is 9.55. The maximum Gasteiger partial charge on any atom is 0.317 e. The van der Waals surface area contributed by atoms with Gasteiger partial charge >= 0.3 is 12.0 Å². The van der Waals surface area contributed by atoms with Crippen LogP contribution < -0.4 is 5.32 Å². The molecule has 0 spiro atoms. The van der Waals surface area contributed by atoms with Crippen molar-refractivity contribution in [3.8, 4) is 0 Å². The number of carbonyl (C=O) groups excluding carboxylic acids is 1. The molecule has 3 atom stereocenters. The Bertz CT molecular complexity index is 652. The summed E-state index contributed by atoms with van der Waals surface area (Å²) in [6.07, 6.45) is 3.59. The quantitative estimate of drug-likeness (QED) is 0.825. The monoisotopic (exact) mass is 379 g/mol. The highest BCUT2D eigenvalue weighted by Gasteiger charge is 2.40. The predicted octanol–water partition coefficient (Wildman–Crippen LogP) is 2.78. The molecule has 1 aliphatic carbocycles. The van der Waals surface area contributed by atoms with Crippen molar-refractivity contribution in [3.63, 3.8) is 0 Å². The summed E-state index contributed by atoms with van der Waals surface area (Å²) in [6.45, 7) is 1.43. The number of likely N-dealkylation sites (tertiary alicyclic amines) is 1. The number of likely N-dealkylation sites (N-methyl/N-ethyl adjacent to an activating group) is 1. The molecule has 0 radical (unpaired) electrons. The second-order valence-electron chi connectivity index (χ2n) is 7.33. The number of rotatable bonds is 5. The van der Waals surface area contributed by atoms with Gasteiger partial charge in [0.25, 0.3) is 0 Å². The van der Waals surface area contributed by atoms with Gasteiger partial charge in [0, 0.05) is 36.1 Å². The Hall–Kier alpha value is -1.79. The Morgan fingerprint density at radius 3 is 2.69 bits per heavy atom. The molecule has 1 saturated heterocycles. The highest BCUT2D eigenvalue weighted by molar-refractivity contribution is 6.30. The molecule has 7 heteroatoms. The molecule has 0 bridgehead atoms. The summed E-state index contributed by atoms with van der Waals surface area (Å²) in [7, 11) is 1.84. The van der Waals surface area contributed by atoms with Gasteiger partial charge in [-0.05, 0) is 50.4 Å². The highest BCUT2D eigenvalue weighted by atomic mass is 35.5. The average Bonchev–Trinajstić information content (AvgIpc) is 3.37. The molecule has 1 aromatic rings. The van der Waals surface area contributed by atoms with E-state index in [9.17, 15) is 9.59 Å². The van der Waals surface area contributed by atoms with Crippen LogP contribution in [0.15, 0.2) is 24.3 Å². The number of benzene rings is 1. The lowest BCUT2D eigenvalue weighted by atomic mass is 10.1. The summed E-state index contributed by atoms with van der Waals surface area (Å²) in [5, 5.41) is 12.8. The van der Waals surface area contributed by atoms with Gasteiger partial charge < -0.3 is 15.3 Å². The lowest BCUT2D eigenvalue weighted by Gasteiger charge is -2.25. The number of carboxylic acids is 1. The fourth-order valence-corrected chi connectivity index (χ4v) is 3.87. The number of amides is 2. The summed E-state index contributed by atoms with van der Waals surface area (Å²) >= 11 is 5.92. The van der Waals surface area contributed by atoms with Gasteiger partial charge in [-0.1, -0.05) is 23.7 Å². The molecule has 3 rings (SSSR count). The lowest BCUT2D eigenvalue weighted by molar-refractivity contribution is -0.138. The average molecular weight is 380 g/mol. The molecule has 2 N–H and O–H groups in total. The van der Waals surface area contributed by atoms with Crippen molar-refractivity contribution in [1.82, 2.24) is 15.1 Å². The number of carbonyl (C=O) groups is 2. The van der Waals surface area contributed by atoms with E-state index in [1.54, 1.807) is 0 Å². The zero-order chi connectivity index (χ0) is 18.7. The minimum Gasteiger partial charge on any atom is -0.480 e. The van der Waals surface area contributed by atoms with Crippen molar-refractivity contribution in [3.05, 3.63) is 34.9 Å². The van der Waals surface area contributed by atoms with Crippen molar-refractivity contribution in [2.24, 2.45) is 0 Å². The smallest absolute Gasteiger partial charge is 0.317 e. The van der Waals surface area contributed by atoms with Crippen LogP contribution in [0.25, 0.3) is 0 Å². The summed E-state index contributed by atoms with van der Waals surface area (Å²) in [5.41, 5.74) is 1.21. The second kappa shape index (κ2) is 8.27. The Balaban J connectivity index is 1.47. The molecule has 1 unspecified atom stereocenters. The van der Waals surface area contributed by atoms with Crippen LogP contribution in [0.1, 0.15) is 37.2 Å². The standard InChI is InChI=1S/C19H26ClN3O3/c1-22(12-18(24)25)15-3-2-9-23(10-8-15)19(26)21-17-11-16(17)13-4-6-14(20)7-5-13/h4-7,15-17H,2-3,8-12H2,1H3,(H,21,26)(H,24,25)/t15?,16-,17+/m0/s1. The zero-order valence-electron chi connectivity index (χ0n) is 15.0. The fourth-order valence-electron chi connectivity index (χ4n) is 3.75. The van der Waals surface area contributed by atoms with Crippen LogP contribution in [0.2, 0.25) is 5.02 Å². The molecular formula is C19H26ClN3O3. The number of nitrogens with one attached hydrogen (secondary N) is 1. The molecular weight excluding hydrogens is 354 g/mol. The number of urea groups is 1. The van der Waals surface area contributed by atoms with Crippen LogP contribution in [0.5, 0.6) is 0 Å². The van der Waals surface area contributed by atoms with Crippen molar-refractivity contribution in [1.29, 1.82) is 0 Å². The lowest BCUT2D eigenvalue weighted by Crippen LogP contribution is -2.42. The van der Waals surface area contributed by atoms with Gasteiger partial charge in [0.15, 0.2) is 0 Å². The van der Waals surface area contributed by atoms with Gasteiger partial charge in [-0.2, -0.15) is 0 Å². The molecule has 2 aliphatic rings. The molecule has 142 valence electrons. The molecule has 0 aromatic heterocycles. The fraction of sp³-hybridized carbons (Fsp3) is 0.579. The minimum atomic E-state index is -0.812. The normalized spacial score (nSPS) is 25.7. The van der Waals surface area contributed by atoms with Crippen molar-refractivity contribution >= 4 is 23.6 Å². The topological polar surface area (TPSA) is 72.9 Å². The molecule has 1 saturated carbocycles. The molecule has 1 aromatic carbocycles. The van der Waals surface area contributed by atoms with Crippen LogP contribution in [0.4, 0.5) is 4.79 Å². The molecule has 26 heavy (non-hydrogen) atoms. The van der Waals surface area contributed by atoms with Gasteiger partial charge in [0.05, 0.1) is 6.54 Å². The molecule has 2 fully saturated rings. The van der Waals surface area contributed by atoms with Gasteiger partial charge in [0.1, 0.15) is 0 Å². The SMILES string of the molecule is CN(CC(=O)O)C1CCCN(C(=O)N[C@@H]2C[C@H]2c2ccc(Cl)cc2)CC1. The van der Waals surface area contributed by atoms with E-state index in [2.05, 4.69) is 5.32 Å². The highest BCUT2D eigenvalue weighted by Crippen LogP contribution is 2.41. The van der Waals surface area contributed by atoms with E-state index in [4.69, 9.17) is 16.7 Å². The van der Waals surface area contributed by atoms with Gasteiger partial charge in [0.2, 0.25) is 0 Å². The first-order valence-electron chi connectivity index (χ1n) is 9.17. The number of hydrogen-bond acceptors (Lipinski definition) is 3. The first-order chi connectivity index (χ1) is 12.4. The van der Waals surface area contributed by atoms with Crippen LogP contribution in [-0.4, -0.2) is 65.7 Å². The third kappa shape index (κ3) is 4.89. The van der Waals surface area contributed by atoms with E-state index in [-0.39, 0.29) is 24.7 Å². The first kappa shape index (κ1) is 19.0. The maximum atomic E-state index is 12.6. The van der Waals surface area contributed by atoms with Gasteiger partial charge in [-0.25, -0.2) is 4.79 Å². The largest absolute Gasteiger partial charge is 0.480 e. The van der Waals surface area contributed by atoms with Crippen molar-refractivity contribution in [2.45, 2.75) is 43.7 Å². The van der Waals surface area contributed by atoms with E-state index >= 15 is 0 Å². The Labute approximate surface area is 159 Å². The summed E-state index contributed by atoms with van der Waals surface area (Å²) in [6, 6.07) is 8.21.